The van der Waals surface area contributed by atoms with Crippen LogP contribution in [-0.4, -0.2) is 27.5 Å². The molecule has 106 valence electrons. The van der Waals surface area contributed by atoms with Crippen molar-refractivity contribution in [2.45, 2.75) is 6.92 Å². The van der Waals surface area contributed by atoms with Gasteiger partial charge in [0.05, 0.1) is 6.33 Å². The van der Waals surface area contributed by atoms with E-state index in [9.17, 15) is 19.1 Å². The summed E-state index contributed by atoms with van der Waals surface area (Å²) in [5.74, 6) is -1.91. The Balaban J connectivity index is 2.64. The van der Waals surface area contributed by atoms with Crippen molar-refractivity contribution in [1.29, 1.82) is 0 Å². The summed E-state index contributed by atoms with van der Waals surface area (Å²) in [5.41, 5.74) is -0.746. The monoisotopic (exact) mass is 279 g/mol. The molecule has 0 saturated carbocycles. The van der Waals surface area contributed by atoms with Crippen molar-refractivity contribution >= 4 is 5.91 Å². The van der Waals surface area contributed by atoms with Gasteiger partial charge in [-0.05, 0) is 18.6 Å². The van der Waals surface area contributed by atoms with Crippen LogP contribution in [-0.2, 0) is 0 Å². The van der Waals surface area contributed by atoms with Gasteiger partial charge in [0, 0.05) is 6.54 Å². The van der Waals surface area contributed by atoms with Crippen LogP contribution in [0.1, 0.15) is 17.4 Å². The van der Waals surface area contributed by atoms with E-state index in [1.807, 2.05) is 0 Å². The summed E-state index contributed by atoms with van der Waals surface area (Å²) in [5, 5.41) is 11.8. The largest absolute Gasteiger partial charge is 0.501 e. The number of hydrogen-bond acceptors (Lipinski definition) is 4. The van der Waals surface area contributed by atoms with Gasteiger partial charge in [0.25, 0.3) is 11.5 Å². The third-order valence-corrected chi connectivity index (χ3v) is 2.27. The Kier molecular flexibility index (Phi) is 5.40. The lowest BCUT2D eigenvalue weighted by atomic mass is 10.2. The number of aromatic amines is 1. The van der Waals surface area contributed by atoms with Crippen molar-refractivity contribution in [2.24, 2.45) is 0 Å². The van der Waals surface area contributed by atoms with Crippen LogP contribution in [0.4, 0.5) is 4.39 Å². The van der Waals surface area contributed by atoms with E-state index in [2.05, 4.69) is 21.9 Å². The lowest BCUT2D eigenvalue weighted by Crippen LogP contribution is -2.27. The lowest BCUT2D eigenvalue weighted by Gasteiger charge is -2.05. The molecule has 7 heteroatoms. The first kappa shape index (κ1) is 15.4. The van der Waals surface area contributed by atoms with E-state index in [1.165, 1.54) is 18.2 Å². The molecular weight excluding hydrogens is 265 g/mol. The average Bonchev–Trinajstić information content (AvgIpc) is 2.44. The fourth-order valence-corrected chi connectivity index (χ4v) is 1.19. The lowest BCUT2D eigenvalue weighted by molar-refractivity contribution is 0.0949. The van der Waals surface area contributed by atoms with Gasteiger partial charge < -0.3 is 15.4 Å². The molecule has 0 saturated heterocycles. The highest BCUT2D eigenvalue weighted by atomic mass is 19.1. The minimum absolute atomic E-state index is 0.0280. The first-order valence-electron chi connectivity index (χ1n) is 5.68. The predicted octanol–water partition coefficient (Wildman–Crippen LogP) is 1.19. The van der Waals surface area contributed by atoms with Gasteiger partial charge in [0.1, 0.15) is 5.83 Å². The van der Waals surface area contributed by atoms with Gasteiger partial charge in [-0.2, -0.15) is 0 Å². The van der Waals surface area contributed by atoms with Gasteiger partial charge in [0.15, 0.2) is 5.69 Å². The standard InChI is InChI=1S/C13H14FN3O3/c1-3-9(14)5-4-8(2)6-15-12(19)10-11(18)13(20)17-7-16-10/h3-5,7,18H,2,6H2,1H3,(H,15,19)(H,16,17,20)/b5-4-,9-3+. The van der Waals surface area contributed by atoms with Crippen LogP contribution < -0.4 is 10.9 Å². The maximum atomic E-state index is 12.8. The first-order chi connectivity index (χ1) is 9.45. The Morgan fingerprint density at radius 3 is 2.95 bits per heavy atom. The molecule has 1 rings (SSSR count). The van der Waals surface area contributed by atoms with E-state index in [4.69, 9.17) is 0 Å². The van der Waals surface area contributed by atoms with Crippen molar-refractivity contribution in [3.8, 4) is 5.75 Å². The molecule has 0 bridgehead atoms. The number of H-pyrrole nitrogens is 1. The first-order valence-corrected chi connectivity index (χ1v) is 5.68. The molecule has 0 spiro atoms. The van der Waals surface area contributed by atoms with Crippen molar-refractivity contribution in [3.63, 3.8) is 0 Å². The zero-order chi connectivity index (χ0) is 15.1. The summed E-state index contributed by atoms with van der Waals surface area (Å²) in [4.78, 5) is 28.5. The highest BCUT2D eigenvalue weighted by Gasteiger charge is 2.14. The number of carbonyl (C=O) groups excluding carboxylic acids is 1. The summed E-state index contributed by atoms with van der Waals surface area (Å²) in [6, 6.07) is 0. The molecule has 0 atom stereocenters. The number of amides is 1. The van der Waals surface area contributed by atoms with Crippen molar-refractivity contribution in [2.75, 3.05) is 6.54 Å². The van der Waals surface area contributed by atoms with Crippen LogP contribution in [0.2, 0.25) is 0 Å². The summed E-state index contributed by atoms with van der Waals surface area (Å²) in [7, 11) is 0. The number of rotatable bonds is 5. The Hall–Kier alpha value is -2.70. The predicted molar refractivity (Wildman–Crippen MR) is 72.0 cm³/mol. The highest BCUT2D eigenvalue weighted by Crippen LogP contribution is 2.06. The molecule has 1 aromatic heterocycles. The molecule has 0 aromatic carbocycles. The van der Waals surface area contributed by atoms with Gasteiger partial charge in [0.2, 0.25) is 5.75 Å². The number of hydrogen-bond donors (Lipinski definition) is 3. The van der Waals surface area contributed by atoms with Crippen LogP contribution in [0.3, 0.4) is 0 Å². The zero-order valence-corrected chi connectivity index (χ0v) is 10.8. The van der Waals surface area contributed by atoms with E-state index >= 15 is 0 Å². The number of carbonyl (C=O) groups is 1. The van der Waals surface area contributed by atoms with Gasteiger partial charge in [-0.1, -0.05) is 18.7 Å². The second kappa shape index (κ2) is 7.03. The van der Waals surface area contributed by atoms with E-state index < -0.39 is 23.0 Å². The highest BCUT2D eigenvalue weighted by molar-refractivity contribution is 5.94. The summed E-state index contributed by atoms with van der Waals surface area (Å²) < 4.78 is 12.8. The topological polar surface area (TPSA) is 95.1 Å². The minimum atomic E-state index is -0.806. The summed E-state index contributed by atoms with van der Waals surface area (Å²) in [6.07, 6.45) is 4.89. The van der Waals surface area contributed by atoms with Gasteiger partial charge in [-0.25, -0.2) is 9.37 Å². The van der Waals surface area contributed by atoms with Crippen LogP contribution in [0.5, 0.6) is 5.75 Å². The summed E-state index contributed by atoms with van der Waals surface area (Å²) >= 11 is 0. The van der Waals surface area contributed by atoms with Crippen LogP contribution in [0, 0.1) is 0 Å². The Morgan fingerprint density at radius 1 is 1.60 bits per heavy atom. The second-order valence-corrected chi connectivity index (χ2v) is 3.78. The number of halogens is 1. The number of nitrogens with zero attached hydrogens (tertiary/aromatic N) is 1. The smallest absolute Gasteiger partial charge is 0.293 e. The Bertz CT molecular complexity index is 632. The molecular formula is C13H14FN3O3. The molecule has 0 fully saturated rings. The molecule has 1 amide bonds. The van der Waals surface area contributed by atoms with Crippen LogP contribution >= 0.6 is 0 Å². The number of aromatic nitrogens is 2. The molecule has 1 aromatic rings. The maximum Gasteiger partial charge on any atom is 0.293 e. The van der Waals surface area contributed by atoms with Crippen LogP contribution in [0.15, 0.2) is 47.3 Å². The summed E-state index contributed by atoms with van der Waals surface area (Å²) in [6.45, 7) is 5.20. The number of nitrogens with one attached hydrogen (secondary N) is 2. The van der Waals surface area contributed by atoms with Gasteiger partial charge in [-0.3, -0.25) is 9.59 Å². The molecule has 0 aliphatic rings. The molecule has 6 nitrogen and oxygen atoms in total. The molecule has 0 aliphatic heterocycles. The van der Waals surface area contributed by atoms with Crippen molar-refractivity contribution < 1.29 is 14.3 Å². The molecule has 3 N–H and O–H groups in total. The normalized spacial score (nSPS) is 11.6. The molecule has 0 unspecified atom stereocenters. The minimum Gasteiger partial charge on any atom is -0.501 e. The number of aromatic hydroxyl groups is 1. The Morgan fingerprint density at radius 2 is 2.30 bits per heavy atom. The fourth-order valence-electron chi connectivity index (χ4n) is 1.19. The average molecular weight is 279 g/mol. The molecule has 0 radical (unpaired) electrons. The quantitative estimate of drug-likeness (QED) is 0.705. The zero-order valence-electron chi connectivity index (χ0n) is 10.8. The van der Waals surface area contributed by atoms with Crippen LogP contribution in [0.25, 0.3) is 0 Å². The third kappa shape index (κ3) is 4.20. The third-order valence-electron chi connectivity index (χ3n) is 2.27. The molecule has 20 heavy (non-hydrogen) atoms. The van der Waals surface area contributed by atoms with E-state index in [0.29, 0.717) is 5.57 Å². The van der Waals surface area contributed by atoms with E-state index in [0.717, 1.165) is 6.33 Å². The molecule has 1 heterocycles. The van der Waals surface area contributed by atoms with E-state index in [1.54, 1.807) is 6.92 Å². The van der Waals surface area contributed by atoms with Gasteiger partial charge in [-0.15, -0.1) is 0 Å². The van der Waals surface area contributed by atoms with Gasteiger partial charge >= 0.3 is 0 Å². The van der Waals surface area contributed by atoms with Crippen molar-refractivity contribution in [3.05, 3.63) is 58.6 Å². The van der Waals surface area contributed by atoms with E-state index in [-0.39, 0.29) is 12.2 Å². The number of allylic oxidation sites excluding steroid dienone is 3. The maximum absolute atomic E-state index is 12.8. The SMILES string of the molecule is C=C(/C=C\C(F)=C/C)CNC(=O)c1nc[nH]c(=O)c1O. The Labute approximate surface area is 114 Å². The van der Waals surface area contributed by atoms with Crippen molar-refractivity contribution in [1.82, 2.24) is 15.3 Å². The molecule has 0 aliphatic carbocycles. The second-order valence-electron chi connectivity index (χ2n) is 3.78. The fraction of sp³-hybridized carbons (Fsp3) is 0.154.